The molecule has 1 heterocycles. The molecule has 1 aliphatic heterocycles. The first-order valence-electron chi connectivity index (χ1n) is 11.7. The summed E-state index contributed by atoms with van der Waals surface area (Å²) in [7, 11) is -4.31. The molecule has 10 nitrogen and oxygen atoms in total. The Labute approximate surface area is 222 Å². The van der Waals surface area contributed by atoms with Gasteiger partial charge in [-0.1, -0.05) is 0 Å². The van der Waals surface area contributed by atoms with Crippen molar-refractivity contribution >= 4 is 33.5 Å². The number of carbonyl (C=O) groups excluding carboxylic acids is 2. The van der Waals surface area contributed by atoms with E-state index in [2.05, 4.69) is 20.7 Å². The van der Waals surface area contributed by atoms with Gasteiger partial charge in [0.05, 0.1) is 23.7 Å². The van der Waals surface area contributed by atoms with Crippen LogP contribution in [0.4, 0.5) is 38.5 Å². The number of hydrogen-bond acceptors (Lipinski definition) is 6. The number of ether oxygens (including phenoxy) is 2. The molecule has 0 spiro atoms. The summed E-state index contributed by atoms with van der Waals surface area (Å²) < 4.78 is 91.1. The van der Waals surface area contributed by atoms with Crippen LogP contribution in [0.5, 0.6) is 5.75 Å². The standard InChI is InChI=1S/C24H28F4N4O6S/c1-14(2)30-21(33)29-12-17-13-32(39(35,36)18-8-5-15(25)6-9-18)19-11-16(7-10-20(19)37-17)31-22(34)38-23(3,4)24(26,27)28/h5-11,14,17H,12-13H2,1-4H3,(H,31,34)(H2,29,30,33). The Morgan fingerprint density at radius 3 is 2.36 bits per heavy atom. The van der Waals surface area contributed by atoms with Crippen LogP contribution in [0, 0.1) is 5.82 Å². The lowest BCUT2D eigenvalue weighted by molar-refractivity contribution is -0.242. The Kier molecular flexibility index (Phi) is 8.53. The van der Waals surface area contributed by atoms with E-state index in [0.717, 1.165) is 28.6 Å². The van der Waals surface area contributed by atoms with Crippen LogP contribution in [0.25, 0.3) is 0 Å². The third kappa shape index (κ3) is 7.22. The predicted molar refractivity (Wildman–Crippen MR) is 134 cm³/mol. The van der Waals surface area contributed by atoms with Crippen molar-refractivity contribution in [2.45, 2.75) is 56.5 Å². The van der Waals surface area contributed by atoms with Gasteiger partial charge in [0.2, 0.25) is 5.60 Å². The van der Waals surface area contributed by atoms with Gasteiger partial charge in [0.1, 0.15) is 17.7 Å². The van der Waals surface area contributed by atoms with Crippen molar-refractivity contribution in [1.82, 2.24) is 10.6 Å². The molecule has 15 heteroatoms. The van der Waals surface area contributed by atoms with E-state index in [1.54, 1.807) is 13.8 Å². The smallest absolute Gasteiger partial charge is 0.427 e. The number of nitrogens with zero attached hydrogens (tertiary/aromatic N) is 1. The zero-order chi connectivity index (χ0) is 29.2. The number of carbonyl (C=O) groups is 2. The Morgan fingerprint density at radius 1 is 1.13 bits per heavy atom. The van der Waals surface area contributed by atoms with Gasteiger partial charge in [0, 0.05) is 11.7 Å². The number of rotatable bonds is 7. The molecule has 3 amide bonds. The number of hydrogen-bond donors (Lipinski definition) is 3. The molecule has 0 aliphatic carbocycles. The fraction of sp³-hybridized carbons (Fsp3) is 0.417. The molecule has 0 fully saturated rings. The SMILES string of the molecule is CC(C)NC(=O)NCC1CN(S(=O)(=O)c2ccc(F)cc2)c2cc(NC(=O)OC(C)(C)C(F)(F)F)ccc2O1. The highest BCUT2D eigenvalue weighted by atomic mass is 32.2. The number of urea groups is 1. The topological polar surface area (TPSA) is 126 Å². The van der Waals surface area contributed by atoms with Crippen molar-refractivity contribution in [3.05, 3.63) is 48.3 Å². The van der Waals surface area contributed by atoms with Gasteiger partial charge in [0.25, 0.3) is 10.0 Å². The lowest BCUT2D eigenvalue weighted by Gasteiger charge is -2.36. The molecule has 0 radical (unpaired) electrons. The van der Waals surface area contributed by atoms with E-state index in [-0.39, 0.29) is 41.2 Å². The molecule has 3 rings (SSSR count). The number of anilines is 2. The molecular weight excluding hydrogens is 548 g/mol. The summed E-state index contributed by atoms with van der Waals surface area (Å²) >= 11 is 0. The third-order valence-corrected chi connectivity index (χ3v) is 7.27. The highest BCUT2D eigenvalue weighted by molar-refractivity contribution is 7.92. The van der Waals surface area contributed by atoms with E-state index in [9.17, 15) is 35.6 Å². The second kappa shape index (κ2) is 11.2. The first-order valence-corrected chi connectivity index (χ1v) is 13.1. The largest absolute Gasteiger partial charge is 0.484 e. The summed E-state index contributed by atoms with van der Waals surface area (Å²) in [6.07, 6.45) is -7.09. The maximum Gasteiger partial charge on any atom is 0.427 e. The molecule has 214 valence electrons. The Bertz CT molecular complexity index is 1320. The Hall–Kier alpha value is -3.75. The molecule has 1 aliphatic rings. The Balaban J connectivity index is 1.91. The molecule has 39 heavy (non-hydrogen) atoms. The van der Waals surface area contributed by atoms with Gasteiger partial charge in [-0.15, -0.1) is 0 Å². The van der Waals surface area contributed by atoms with E-state index in [4.69, 9.17) is 4.74 Å². The van der Waals surface area contributed by atoms with Crippen molar-refractivity contribution in [1.29, 1.82) is 0 Å². The minimum absolute atomic E-state index is 0.0462. The molecular formula is C24H28F4N4O6S. The molecule has 3 N–H and O–H groups in total. The molecule has 1 atom stereocenters. The van der Waals surface area contributed by atoms with Crippen LogP contribution in [0.2, 0.25) is 0 Å². The van der Waals surface area contributed by atoms with Crippen molar-refractivity contribution < 1.29 is 45.0 Å². The van der Waals surface area contributed by atoms with E-state index in [1.165, 1.54) is 18.2 Å². The number of sulfonamides is 1. The highest BCUT2D eigenvalue weighted by Gasteiger charge is 2.51. The van der Waals surface area contributed by atoms with Crippen LogP contribution < -0.4 is 25.0 Å². The van der Waals surface area contributed by atoms with Crippen molar-refractivity contribution in [3.63, 3.8) is 0 Å². The van der Waals surface area contributed by atoms with E-state index in [1.807, 2.05) is 0 Å². The van der Waals surface area contributed by atoms with Gasteiger partial charge in [0.15, 0.2) is 0 Å². The third-order valence-electron chi connectivity index (χ3n) is 5.48. The maximum absolute atomic E-state index is 13.5. The fourth-order valence-corrected chi connectivity index (χ4v) is 4.91. The molecule has 0 aromatic heterocycles. The number of halogens is 4. The number of nitrogens with one attached hydrogen (secondary N) is 3. The average molecular weight is 577 g/mol. The van der Waals surface area contributed by atoms with Crippen LogP contribution in [0.3, 0.4) is 0 Å². The zero-order valence-corrected chi connectivity index (χ0v) is 22.2. The first-order chi connectivity index (χ1) is 18.0. The summed E-state index contributed by atoms with van der Waals surface area (Å²) in [5.74, 6) is -0.598. The van der Waals surface area contributed by atoms with Crippen molar-refractivity contribution in [2.75, 3.05) is 22.7 Å². The zero-order valence-electron chi connectivity index (χ0n) is 21.4. The monoisotopic (exact) mass is 576 g/mol. The maximum atomic E-state index is 13.5. The van der Waals surface area contributed by atoms with Gasteiger partial charge in [-0.2, -0.15) is 13.2 Å². The lowest BCUT2D eigenvalue weighted by Crippen LogP contribution is -2.50. The molecule has 2 aromatic rings. The average Bonchev–Trinajstić information content (AvgIpc) is 2.81. The van der Waals surface area contributed by atoms with Crippen LogP contribution >= 0.6 is 0 Å². The number of amides is 3. The second-order valence-electron chi connectivity index (χ2n) is 9.44. The van der Waals surface area contributed by atoms with Gasteiger partial charge < -0.3 is 20.1 Å². The van der Waals surface area contributed by atoms with Crippen LogP contribution in [-0.4, -0.2) is 57.6 Å². The van der Waals surface area contributed by atoms with Gasteiger partial charge in [-0.05, 0) is 70.2 Å². The second-order valence-corrected chi connectivity index (χ2v) is 11.3. The number of fused-ring (bicyclic) bond motifs is 1. The normalized spacial score (nSPS) is 15.7. The molecule has 0 saturated heterocycles. The lowest BCUT2D eigenvalue weighted by atomic mass is 10.1. The van der Waals surface area contributed by atoms with Crippen LogP contribution in [-0.2, 0) is 14.8 Å². The number of benzene rings is 2. The van der Waals surface area contributed by atoms with Crippen molar-refractivity contribution in [2.24, 2.45) is 0 Å². The summed E-state index contributed by atoms with van der Waals surface area (Å²) in [6, 6.07) is 7.23. The summed E-state index contributed by atoms with van der Waals surface area (Å²) in [5, 5.41) is 7.38. The van der Waals surface area contributed by atoms with Gasteiger partial charge in [-0.25, -0.2) is 22.4 Å². The van der Waals surface area contributed by atoms with E-state index >= 15 is 0 Å². The minimum atomic E-state index is -4.83. The molecule has 1 unspecified atom stereocenters. The number of alkyl halides is 3. The molecule has 0 saturated carbocycles. The van der Waals surface area contributed by atoms with Crippen LogP contribution in [0.1, 0.15) is 27.7 Å². The molecule has 0 bridgehead atoms. The minimum Gasteiger partial charge on any atom is -0.484 e. The summed E-state index contributed by atoms with van der Waals surface area (Å²) in [5.41, 5.74) is -2.91. The van der Waals surface area contributed by atoms with Gasteiger partial charge in [-0.3, -0.25) is 9.62 Å². The quantitative estimate of drug-likeness (QED) is 0.420. The van der Waals surface area contributed by atoms with Crippen molar-refractivity contribution in [3.8, 4) is 5.75 Å². The van der Waals surface area contributed by atoms with E-state index in [0.29, 0.717) is 13.8 Å². The van der Waals surface area contributed by atoms with Crippen LogP contribution in [0.15, 0.2) is 47.4 Å². The first kappa shape index (κ1) is 29.8. The predicted octanol–water partition coefficient (Wildman–Crippen LogP) is 4.38. The highest BCUT2D eigenvalue weighted by Crippen LogP contribution is 2.39. The van der Waals surface area contributed by atoms with Gasteiger partial charge >= 0.3 is 18.3 Å². The fourth-order valence-electron chi connectivity index (χ4n) is 3.41. The summed E-state index contributed by atoms with van der Waals surface area (Å²) in [6.45, 7) is 4.51. The molecule has 2 aromatic carbocycles. The Morgan fingerprint density at radius 2 is 1.77 bits per heavy atom. The van der Waals surface area contributed by atoms with E-state index < -0.39 is 45.8 Å². The summed E-state index contributed by atoms with van der Waals surface area (Å²) in [4.78, 5) is 23.9.